The minimum atomic E-state index is 0.259. The Kier molecular flexibility index (Phi) is 3.06. The maximum Gasteiger partial charge on any atom is 0.258 e. The van der Waals surface area contributed by atoms with Crippen LogP contribution in [0.4, 0.5) is 0 Å². The first-order chi connectivity index (χ1) is 8.74. The Morgan fingerprint density at radius 3 is 3.00 bits per heavy atom. The molecule has 94 valence electrons. The van der Waals surface area contributed by atoms with Gasteiger partial charge in [-0.25, -0.2) is 0 Å². The predicted octanol–water partition coefficient (Wildman–Crippen LogP) is 3.20. The van der Waals surface area contributed by atoms with E-state index in [1.54, 1.807) is 0 Å². The van der Waals surface area contributed by atoms with E-state index in [2.05, 4.69) is 10.1 Å². The lowest BCUT2D eigenvalue weighted by atomic mass is 10.1. The summed E-state index contributed by atoms with van der Waals surface area (Å²) in [6.07, 6.45) is 0.957. The number of aromatic nitrogens is 2. The van der Waals surface area contributed by atoms with E-state index in [0.29, 0.717) is 17.5 Å². The van der Waals surface area contributed by atoms with Crippen LogP contribution in [0.3, 0.4) is 0 Å². The van der Waals surface area contributed by atoms with E-state index in [1.807, 2.05) is 25.1 Å². The minimum Gasteiger partial charge on any atom is -0.381 e. The van der Waals surface area contributed by atoms with Gasteiger partial charge in [-0.3, -0.25) is 0 Å². The lowest BCUT2D eigenvalue weighted by molar-refractivity contribution is 0.192. The lowest BCUT2D eigenvalue weighted by Crippen LogP contribution is -1.99. The molecular weight excluding hydrogens is 252 g/mol. The van der Waals surface area contributed by atoms with Gasteiger partial charge < -0.3 is 9.26 Å². The Labute approximate surface area is 110 Å². The summed E-state index contributed by atoms with van der Waals surface area (Å²) in [6.45, 7) is 3.43. The Morgan fingerprint density at radius 1 is 1.39 bits per heavy atom. The maximum atomic E-state index is 5.93. The summed E-state index contributed by atoms with van der Waals surface area (Å²) in [5.74, 6) is 1.54. The largest absolute Gasteiger partial charge is 0.381 e. The standard InChI is InChI=1S/C13H13ClN2O2/c1-8-6-10(14)2-3-11(8)13-15-12(16-18-13)9-4-5-17-7-9/h2-3,6,9H,4-5,7H2,1H3/t9-/m0/s1. The first-order valence-corrected chi connectivity index (χ1v) is 6.30. The molecule has 1 aromatic heterocycles. The van der Waals surface area contributed by atoms with Gasteiger partial charge in [0.1, 0.15) is 0 Å². The van der Waals surface area contributed by atoms with Crippen molar-refractivity contribution in [1.82, 2.24) is 10.1 Å². The number of aryl methyl sites for hydroxylation is 1. The zero-order valence-electron chi connectivity index (χ0n) is 10.0. The van der Waals surface area contributed by atoms with E-state index in [4.69, 9.17) is 20.9 Å². The molecule has 5 heteroatoms. The summed E-state index contributed by atoms with van der Waals surface area (Å²) in [4.78, 5) is 4.45. The lowest BCUT2D eigenvalue weighted by Gasteiger charge is -2.00. The smallest absolute Gasteiger partial charge is 0.258 e. The third-order valence-corrected chi connectivity index (χ3v) is 3.39. The Hall–Kier alpha value is -1.39. The van der Waals surface area contributed by atoms with E-state index < -0.39 is 0 Å². The number of benzene rings is 1. The van der Waals surface area contributed by atoms with Crippen molar-refractivity contribution in [3.63, 3.8) is 0 Å². The highest BCUT2D eigenvalue weighted by molar-refractivity contribution is 6.30. The number of hydrogen-bond acceptors (Lipinski definition) is 4. The van der Waals surface area contributed by atoms with Crippen LogP contribution in [-0.4, -0.2) is 23.4 Å². The molecule has 0 N–H and O–H groups in total. The highest BCUT2D eigenvalue weighted by Gasteiger charge is 2.23. The number of hydrogen-bond donors (Lipinski definition) is 0. The van der Waals surface area contributed by atoms with Gasteiger partial charge in [0.25, 0.3) is 5.89 Å². The molecule has 2 aromatic rings. The first kappa shape index (κ1) is 11.7. The van der Waals surface area contributed by atoms with E-state index in [1.165, 1.54) is 0 Å². The Bertz CT molecular complexity index is 562. The highest BCUT2D eigenvalue weighted by atomic mass is 35.5. The van der Waals surface area contributed by atoms with Gasteiger partial charge in [0.05, 0.1) is 6.61 Å². The molecule has 18 heavy (non-hydrogen) atoms. The summed E-state index contributed by atoms with van der Waals surface area (Å²) < 4.78 is 10.7. The Balaban J connectivity index is 1.92. The van der Waals surface area contributed by atoms with Crippen molar-refractivity contribution in [2.45, 2.75) is 19.3 Å². The molecule has 1 saturated heterocycles. The molecule has 3 rings (SSSR count). The molecule has 4 nitrogen and oxygen atoms in total. The second-order valence-corrected chi connectivity index (χ2v) is 4.91. The monoisotopic (exact) mass is 264 g/mol. The normalized spacial score (nSPS) is 19.3. The van der Waals surface area contributed by atoms with E-state index in [9.17, 15) is 0 Å². The van der Waals surface area contributed by atoms with E-state index >= 15 is 0 Å². The number of rotatable bonds is 2. The summed E-state index contributed by atoms with van der Waals surface area (Å²) in [5.41, 5.74) is 1.96. The summed E-state index contributed by atoms with van der Waals surface area (Å²) in [6, 6.07) is 5.62. The molecule has 0 spiro atoms. The average Bonchev–Trinajstić information content (AvgIpc) is 2.99. The number of halogens is 1. The van der Waals surface area contributed by atoms with E-state index in [0.717, 1.165) is 30.0 Å². The molecule has 1 aromatic carbocycles. The zero-order valence-corrected chi connectivity index (χ0v) is 10.8. The van der Waals surface area contributed by atoms with Crippen LogP contribution >= 0.6 is 11.6 Å². The van der Waals surface area contributed by atoms with Gasteiger partial charge in [-0.05, 0) is 37.1 Å². The van der Waals surface area contributed by atoms with Gasteiger partial charge in [-0.1, -0.05) is 16.8 Å². The molecule has 1 aliphatic rings. The van der Waals surface area contributed by atoms with Crippen LogP contribution in [0, 0.1) is 6.92 Å². The van der Waals surface area contributed by atoms with Gasteiger partial charge in [-0.15, -0.1) is 0 Å². The van der Waals surface area contributed by atoms with E-state index in [-0.39, 0.29) is 5.92 Å². The van der Waals surface area contributed by atoms with Crippen LogP contribution in [0.2, 0.25) is 5.02 Å². The fourth-order valence-corrected chi connectivity index (χ4v) is 2.34. The first-order valence-electron chi connectivity index (χ1n) is 5.92. The molecule has 0 bridgehead atoms. The fraction of sp³-hybridized carbons (Fsp3) is 0.385. The molecule has 0 amide bonds. The minimum absolute atomic E-state index is 0.259. The zero-order chi connectivity index (χ0) is 12.5. The second kappa shape index (κ2) is 4.71. The third-order valence-electron chi connectivity index (χ3n) is 3.16. The van der Waals surface area contributed by atoms with Crippen molar-refractivity contribution in [2.24, 2.45) is 0 Å². The SMILES string of the molecule is Cc1cc(Cl)ccc1-c1nc([C@H]2CCOC2)no1. The highest BCUT2D eigenvalue weighted by Crippen LogP contribution is 2.28. The second-order valence-electron chi connectivity index (χ2n) is 4.48. The molecule has 1 atom stereocenters. The molecule has 0 aliphatic carbocycles. The van der Waals surface area contributed by atoms with Gasteiger partial charge in [0, 0.05) is 23.1 Å². The quantitative estimate of drug-likeness (QED) is 0.836. The third kappa shape index (κ3) is 2.13. The van der Waals surface area contributed by atoms with Crippen molar-refractivity contribution in [3.8, 4) is 11.5 Å². The Morgan fingerprint density at radius 2 is 2.28 bits per heavy atom. The van der Waals surface area contributed by atoms with Crippen LogP contribution in [0.5, 0.6) is 0 Å². The van der Waals surface area contributed by atoms with Crippen LogP contribution in [0.25, 0.3) is 11.5 Å². The topological polar surface area (TPSA) is 48.2 Å². The van der Waals surface area contributed by atoms with Crippen LogP contribution in [0.1, 0.15) is 23.7 Å². The molecule has 0 saturated carbocycles. The summed E-state index contributed by atoms with van der Waals surface area (Å²) >= 11 is 5.93. The number of ether oxygens (including phenoxy) is 1. The van der Waals surface area contributed by atoms with Crippen molar-refractivity contribution in [1.29, 1.82) is 0 Å². The predicted molar refractivity (Wildman–Crippen MR) is 67.7 cm³/mol. The molecule has 2 heterocycles. The van der Waals surface area contributed by atoms with Crippen molar-refractivity contribution >= 4 is 11.6 Å². The average molecular weight is 265 g/mol. The summed E-state index contributed by atoms with van der Waals surface area (Å²) in [7, 11) is 0. The fourth-order valence-electron chi connectivity index (χ4n) is 2.12. The molecule has 1 aliphatic heterocycles. The molecular formula is C13H13ClN2O2. The van der Waals surface area contributed by atoms with Gasteiger partial charge in [0.15, 0.2) is 5.82 Å². The van der Waals surface area contributed by atoms with Crippen LogP contribution in [-0.2, 0) is 4.74 Å². The van der Waals surface area contributed by atoms with Crippen LogP contribution in [0.15, 0.2) is 22.7 Å². The van der Waals surface area contributed by atoms with Crippen molar-refractivity contribution in [2.75, 3.05) is 13.2 Å². The van der Waals surface area contributed by atoms with Crippen molar-refractivity contribution in [3.05, 3.63) is 34.6 Å². The molecule has 0 unspecified atom stereocenters. The van der Waals surface area contributed by atoms with Gasteiger partial charge in [0.2, 0.25) is 0 Å². The van der Waals surface area contributed by atoms with Gasteiger partial charge in [-0.2, -0.15) is 4.98 Å². The number of nitrogens with zero attached hydrogens (tertiary/aromatic N) is 2. The molecule has 1 fully saturated rings. The molecule has 0 radical (unpaired) electrons. The van der Waals surface area contributed by atoms with Crippen molar-refractivity contribution < 1.29 is 9.26 Å². The summed E-state index contributed by atoms with van der Waals surface area (Å²) in [5, 5.41) is 4.75. The van der Waals surface area contributed by atoms with Gasteiger partial charge >= 0.3 is 0 Å². The van der Waals surface area contributed by atoms with Crippen LogP contribution < -0.4 is 0 Å². The maximum absolute atomic E-state index is 5.93.